The third-order valence-corrected chi connectivity index (χ3v) is 3.34. The molecule has 0 aromatic heterocycles. The highest BCUT2D eigenvalue weighted by Gasteiger charge is 2.24. The molecule has 10 nitrogen and oxygen atoms in total. The number of aliphatic hydroxyl groups excluding tert-OH is 2. The number of hydrogen-bond donors (Lipinski definition) is 6. The van der Waals surface area contributed by atoms with E-state index in [-0.39, 0.29) is 50.2 Å². The topological polar surface area (TPSA) is 157 Å². The van der Waals surface area contributed by atoms with Crippen LogP contribution in [0.15, 0.2) is 0 Å². The van der Waals surface area contributed by atoms with Gasteiger partial charge in [-0.1, -0.05) is 6.92 Å². The summed E-state index contributed by atoms with van der Waals surface area (Å²) >= 11 is 0. The van der Waals surface area contributed by atoms with Crippen molar-refractivity contribution in [1.82, 2.24) is 21.3 Å². The quantitative estimate of drug-likeness (QED) is 0.200. The Kier molecular flexibility index (Phi) is 12.8. The molecular formula is C16H30N4O6. The van der Waals surface area contributed by atoms with E-state index in [0.717, 1.165) is 6.42 Å². The van der Waals surface area contributed by atoms with Gasteiger partial charge in [0.05, 0.1) is 6.10 Å². The van der Waals surface area contributed by atoms with Gasteiger partial charge in [-0.3, -0.25) is 19.2 Å². The average Bonchev–Trinajstić information content (AvgIpc) is 2.59. The van der Waals surface area contributed by atoms with Crippen molar-refractivity contribution in [2.75, 3.05) is 26.2 Å². The second kappa shape index (κ2) is 14.0. The summed E-state index contributed by atoms with van der Waals surface area (Å²) in [5.74, 6) is -1.45. The summed E-state index contributed by atoms with van der Waals surface area (Å²) in [6.07, 6.45) is -2.07. The molecule has 0 spiro atoms. The molecule has 2 atom stereocenters. The number of hydrogen-bond acceptors (Lipinski definition) is 6. The van der Waals surface area contributed by atoms with Crippen molar-refractivity contribution in [2.24, 2.45) is 0 Å². The third-order valence-electron chi connectivity index (χ3n) is 3.34. The van der Waals surface area contributed by atoms with Crippen molar-refractivity contribution in [3.63, 3.8) is 0 Å². The monoisotopic (exact) mass is 374 g/mol. The second-order valence-electron chi connectivity index (χ2n) is 5.77. The molecule has 0 aromatic rings. The number of rotatable bonds is 13. The minimum atomic E-state index is -1.66. The first kappa shape index (κ1) is 23.8. The maximum atomic E-state index is 11.7. The van der Waals surface area contributed by atoms with E-state index in [1.165, 1.54) is 6.92 Å². The average molecular weight is 374 g/mol. The van der Waals surface area contributed by atoms with E-state index in [2.05, 4.69) is 21.3 Å². The van der Waals surface area contributed by atoms with E-state index >= 15 is 0 Å². The third kappa shape index (κ3) is 12.2. The normalized spacial score (nSPS) is 12.6. The van der Waals surface area contributed by atoms with Gasteiger partial charge in [0.2, 0.25) is 17.7 Å². The summed E-state index contributed by atoms with van der Waals surface area (Å²) in [6.45, 7) is 4.14. The van der Waals surface area contributed by atoms with Crippen LogP contribution in [0.25, 0.3) is 0 Å². The van der Waals surface area contributed by atoms with Crippen LogP contribution in [0.2, 0.25) is 0 Å². The van der Waals surface area contributed by atoms with Crippen molar-refractivity contribution >= 4 is 23.6 Å². The molecule has 2 unspecified atom stereocenters. The molecule has 0 radical (unpaired) electrons. The van der Waals surface area contributed by atoms with Crippen molar-refractivity contribution in [3.8, 4) is 0 Å². The van der Waals surface area contributed by atoms with Gasteiger partial charge in [0.15, 0.2) is 6.10 Å². The van der Waals surface area contributed by atoms with Gasteiger partial charge in [-0.05, 0) is 12.8 Å². The zero-order chi connectivity index (χ0) is 19.9. The lowest BCUT2D eigenvalue weighted by Crippen LogP contribution is -2.45. The molecule has 0 saturated heterocycles. The molecule has 4 amide bonds. The molecule has 26 heavy (non-hydrogen) atoms. The van der Waals surface area contributed by atoms with E-state index in [0.29, 0.717) is 13.0 Å². The fourth-order valence-corrected chi connectivity index (χ4v) is 1.95. The van der Waals surface area contributed by atoms with Gasteiger partial charge in [0.25, 0.3) is 5.91 Å². The standard InChI is InChI=1S/C16H30N4O6/c1-3-4-13(23)18-9-10-20-16(26)15(25)12(22)5-6-14(24)19-8-7-17-11(2)21/h12,15,22,25H,3-10H2,1-2H3,(H,17,21)(H,18,23)(H,19,24)(H,20,26). The summed E-state index contributed by atoms with van der Waals surface area (Å²) in [7, 11) is 0. The van der Waals surface area contributed by atoms with Crippen LogP contribution in [0.1, 0.15) is 39.5 Å². The predicted octanol–water partition coefficient (Wildman–Crippen LogP) is -2.23. The van der Waals surface area contributed by atoms with Crippen LogP contribution >= 0.6 is 0 Å². The largest absolute Gasteiger partial charge is 0.390 e. The Morgan fingerprint density at radius 3 is 1.85 bits per heavy atom. The second-order valence-corrected chi connectivity index (χ2v) is 5.77. The highest BCUT2D eigenvalue weighted by Crippen LogP contribution is 2.03. The van der Waals surface area contributed by atoms with Crippen LogP contribution < -0.4 is 21.3 Å². The molecule has 150 valence electrons. The minimum absolute atomic E-state index is 0.0708. The highest BCUT2D eigenvalue weighted by molar-refractivity contribution is 5.81. The maximum Gasteiger partial charge on any atom is 0.251 e. The number of amides is 4. The smallest absolute Gasteiger partial charge is 0.251 e. The van der Waals surface area contributed by atoms with Gasteiger partial charge in [0.1, 0.15) is 0 Å². The molecule has 0 fully saturated rings. The lowest BCUT2D eigenvalue weighted by atomic mass is 10.1. The summed E-state index contributed by atoms with van der Waals surface area (Å²) in [5, 5.41) is 29.6. The summed E-state index contributed by atoms with van der Waals surface area (Å²) in [4.78, 5) is 45.1. The molecule has 6 N–H and O–H groups in total. The van der Waals surface area contributed by atoms with E-state index in [9.17, 15) is 29.4 Å². The molecule has 0 saturated carbocycles. The SMILES string of the molecule is CCCC(=O)NCCNC(=O)C(O)C(O)CCC(=O)NCCNC(C)=O. The Balaban J connectivity index is 3.90. The van der Waals surface area contributed by atoms with Crippen molar-refractivity contribution in [1.29, 1.82) is 0 Å². The van der Waals surface area contributed by atoms with E-state index in [1.807, 2.05) is 6.92 Å². The van der Waals surface area contributed by atoms with Crippen molar-refractivity contribution < 1.29 is 29.4 Å². The van der Waals surface area contributed by atoms with Gasteiger partial charge in [-0.15, -0.1) is 0 Å². The fourth-order valence-electron chi connectivity index (χ4n) is 1.95. The Bertz CT molecular complexity index is 472. The van der Waals surface area contributed by atoms with E-state index < -0.39 is 18.1 Å². The predicted molar refractivity (Wildman–Crippen MR) is 93.9 cm³/mol. The van der Waals surface area contributed by atoms with Crippen LogP contribution in [-0.4, -0.2) is 72.2 Å². The molecule has 0 aliphatic heterocycles. The number of carbonyl (C=O) groups is 4. The molecule has 0 aliphatic carbocycles. The maximum absolute atomic E-state index is 11.7. The van der Waals surface area contributed by atoms with Crippen LogP contribution in [-0.2, 0) is 19.2 Å². The van der Waals surface area contributed by atoms with Crippen LogP contribution in [0.5, 0.6) is 0 Å². The van der Waals surface area contributed by atoms with Crippen LogP contribution in [0.3, 0.4) is 0 Å². The molecule has 0 rings (SSSR count). The number of nitrogens with one attached hydrogen (secondary N) is 4. The number of aliphatic hydroxyl groups is 2. The van der Waals surface area contributed by atoms with E-state index in [4.69, 9.17) is 0 Å². The number of carbonyl (C=O) groups excluding carboxylic acids is 4. The molecule has 0 bridgehead atoms. The first-order valence-corrected chi connectivity index (χ1v) is 8.69. The van der Waals surface area contributed by atoms with Gasteiger partial charge < -0.3 is 31.5 Å². The van der Waals surface area contributed by atoms with Crippen molar-refractivity contribution in [3.05, 3.63) is 0 Å². The molecular weight excluding hydrogens is 344 g/mol. The first-order chi connectivity index (χ1) is 12.3. The highest BCUT2D eigenvalue weighted by atomic mass is 16.3. The Labute approximate surface area is 153 Å². The molecule has 0 aliphatic rings. The van der Waals surface area contributed by atoms with Gasteiger partial charge in [-0.2, -0.15) is 0 Å². The first-order valence-electron chi connectivity index (χ1n) is 8.69. The lowest BCUT2D eigenvalue weighted by molar-refractivity contribution is -0.136. The zero-order valence-corrected chi connectivity index (χ0v) is 15.3. The lowest BCUT2D eigenvalue weighted by Gasteiger charge is -2.17. The van der Waals surface area contributed by atoms with Gasteiger partial charge >= 0.3 is 0 Å². The molecule has 0 heterocycles. The summed E-state index contributed by atoms with van der Waals surface area (Å²) in [5.41, 5.74) is 0. The summed E-state index contributed by atoms with van der Waals surface area (Å²) in [6, 6.07) is 0. The van der Waals surface area contributed by atoms with Crippen LogP contribution in [0, 0.1) is 0 Å². The zero-order valence-electron chi connectivity index (χ0n) is 15.3. The summed E-state index contributed by atoms with van der Waals surface area (Å²) < 4.78 is 0. The minimum Gasteiger partial charge on any atom is -0.390 e. The van der Waals surface area contributed by atoms with Gasteiger partial charge in [-0.25, -0.2) is 0 Å². The molecule has 0 aromatic carbocycles. The van der Waals surface area contributed by atoms with Crippen LogP contribution in [0.4, 0.5) is 0 Å². The Hall–Kier alpha value is -2.20. The fraction of sp³-hybridized carbons (Fsp3) is 0.750. The van der Waals surface area contributed by atoms with Crippen molar-refractivity contribution in [2.45, 2.75) is 51.7 Å². The molecule has 10 heteroatoms. The van der Waals surface area contributed by atoms with E-state index in [1.54, 1.807) is 0 Å². The Morgan fingerprint density at radius 1 is 0.808 bits per heavy atom. The van der Waals surface area contributed by atoms with Gasteiger partial charge in [0, 0.05) is 45.9 Å². The Morgan fingerprint density at radius 2 is 1.31 bits per heavy atom.